The molecule has 0 aliphatic rings. The Morgan fingerprint density at radius 2 is 1.77 bits per heavy atom. The van der Waals surface area contributed by atoms with Gasteiger partial charge in [0.25, 0.3) is 0 Å². The lowest BCUT2D eigenvalue weighted by Gasteiger charge is -2.22. The van der Waals surface area contributed by atoms with E-state index in [1.54, 1.807) is 24.3 Å². The normalized spacial score (nSPS) is 14.0. The van der Waals surface area contributed by atoms with Crippen molar-refractivity contribution >= 4 is 17.8 Å². The number of carbonyl (C=O) groups is 3. The molecule has 1 aromatic carbocycles. The molecule has 26 heavy (non-hydrogen) atoms. The van der Waals surface area contributed by atoms with Gasteiger partial charge >= 0.3 is 5.97 Å². The SMILES string of the molecule is NCC(=O)N[C@@H](CC(N)O)C(=O)N[C@@H](CO)C(=O)OCc1ccccc1. The molecule has 0 spiro atoms. The largest absolute Gasteiger partial charge is 0.459 e. The minimum atomic E-state index is -1.37. The van der Waals surface area contributed by atoms with Crippen molar-refractivity contribution in [2.45, 2.75) is 31.3 Å². The van der Waals surface area contributed by atoms with Gasteiger partial charge in [-0.3, -0.25) is 9.59 Å². The molecular weight excluding hydrogens is 344 g/mol. The van der Waals surface area contributed by atoms with Gasteiger partial charge in [-0.05, 0) is 5.56 Å². The average molecular weight is 368 g/mol. The van der Waals surface area contributed by atoms with Crippen LogP contribution in [0.15, 0.2) is 30.3 Å². The van der Waals surface area contributed by atoms with Gasteiger partial charge in [0, 0.05) is 6.42 Å². The minimum absolute atomic E-state index is 0.0269. The third-order valence-electron chi connectivity index (χ3n) is 3.32. The average Bonchev–Trinajstić information content (AvgIpc) is 2.63. The summed E-state index contributed by atoms with van der Waals surface area (Å²) in [6, 6.07) is 6.31. The highest BCUT2D eigenvalue weighted by Crippen LogP contribution is 2.03. The Balaban J connectivity index is 2.65. The lowest BCUT2D eigenvalue weighted by Crippen LogP contribution is -2.55. The molecule has 10 heteroatoms. The predicted molar refractivity (Wildman–Crippen MR) is 91.1 cm³/mol. The van der Waals surface area contributed by atoms with Crippen LogP contribution in [0.4, 0.5) is 0 Å². The summed E-state index contributed by atoms with van der Waals surface area (Å²) in [6.07, 6.45) is -1.67. The van der Waals surface area contributed by atoms with Crippen molar-refractivity contribution in [2.75, 3.05) is 13.2 Å². The Kier molecular flexibility index (Phi) is 9.23. The van der Waals surface area contributed by atoms with E-state index in [2.05, 4.69) is 10.6 Å². The maximum absolute atomic E-state index is 12.2. The molecule has 0 aliphatic carbocycles. The first kappa shape index (κ1) is 21.5. The second-order valence-electron chi connectivity index (χ2n) is 5.46. The highest BCUT2D eigenvalue weighted by molar-refractivity contribution is 5.91. The van der Waals surface area contributed by atoms with Crippen molar-refractivity contribution in [1.82, 2.24) is 10.6 Å². The quantitative estimate of drug-likeness (QED) is 0.191. The standard InChI is InChI=1S/C16H24N4O6/c17-7-14(23)19-11(6-13(18)22)15(24)20-12(8-21)16(25)26-9-10-4-2-1-3-5-10/h1-5,11-13,21-22H,6-9,17-18H2,(H,19,23)(H,20,24)/t11-,12-,13?/m0/s1. The van der Waals surface area contributed by atoms with Crippen molar-refractivity contribution in [3.63, 3.8) is 0 Å². The maximum Gasteiger partial charge on any atom is 0.331 e. The summed E-state index contributed by atoms with van der Waals surface area (Å²) < 4.78 is 5.05. The van der Waals surface area contributed by atoms with Crippen LogP contribution in [-0.2, 0) is 25.7 Å². The number of nitrogens with two attached hydrogens (primary N) is 2. The van der Waals surface area contributed by atoms with Gasteiger partial charge in [-0.25, -0.2) is 4.79 Å². The van der Waals surface area contributed by atoms with E-state index >= 15 is 0 Å². The van der Waals surface area contributed by atoms with E-state index in [0.717, 1.165) is 5.56 Å². The van der Waals surface area contributed by atoms with Gasteiger partial charge < -0.3 is 37.1 Å². The van der Waals surface area contributed by atoms with Crippen LogP contribution in [0.2, 0.25) is 0 Å². The zero-order valence-corrected chi connectivity index (χ0v) is 14.1. The summed E-state index contributed by atoms with van der Waals surface area (Å²) in [7, 11) is 0. The van der Waals surface area contributed by atoms with Crippen LogP contribution in [0.1, 0.15) is 12.0 Å². The number of nitrogens with one attached hydrogen (secondary N) is 2. The Labute approximate surface area is 150 Å². The Bertz CT molecular complexity index is 596. The molecule has 2 amide bonds. The van der Waals surface area contributed by atoms with E-state index in [4.69, 9.17) is 16.2 Å². The highest BCUT2D eigenvalue weighted by atomic mass is 16.5. The second kappa shape index (κ2) is 11.2. The van der Waals surface area contributed by atoms with Crippen LogP contribution < -0.4 is 22.1 Å². The molecule has 1 rings (SSSR count). The number of hydrogen-bond donors (Lipinski definition) is 6. The minimum Gasteiger partial charge on any atom is -0.459 e. The summed E-state index contributed by atoms with van der Waals surface area (Å²) >= 11 is 0. The summed E-state index contributed by atoms with van der Waals surface area (Å²) in [5, 5.41) is 23.1. The van der Waals surface area contributed by atoms with Crippen LogP contribution in [-0.4, -0.2) is 59.5 Å². The lowest BCUT2D eigenvalue weighted by molar-refractivity contribution is -0.150. The van der Waals surface area contributed by atoms with Gasteiger partial charge in [0.1, 0.15) is 18.9 Å². The number of aliphatic hydroxyl groups excluding tert-OH is 2. The van der Waals surface area contributed by atoms with E-state index < -0.39 is 42.7 Å². The fraction of sp³-hybridized carbons (Fsp3) is 0.438. The Morgan fingerprint density at radius 3 is 2.31 bits per heavy atom. The van der Waals surface area contributed by atoms with Crippen LogP contribution in [0.5, 0.6) is 0 Å². The molecular formula is C16H24N4O6. The van der Waals surface area contributed by atoms with Crippen molar-refractivity contribution in [1.29, 1.82) is 0 Å². The van der Waals surface area contributed by atoms with Crippen molar-refractivity contribution in [2.24, 2.45) is 11.5 Å². The summed E-state index contributed by atoms with van der Waals surface area (Å²) in [4.78, 5) is 35.6. The molecule has 0 aliphatic heterocycles. The summed E-state index contributed by atoms with van der Waals surface area (Å²) in [5.41, 5.74) is 11.1. The first-order valence-electron chi connectivity index (χ1n) is 7.92. The molecule has 0 aromatic heterocycles. The molecule has 0 saturated carbocycles. The van der Waals surface area contributed by atoms with Crippen molar-refractivity contribution in [3.8, 4) is 0 Å². The van der Waals surface area contributed by atoms with E-state index in [1.807, 2.05) is 6.07 Å². The van der Waals surface area contributed by atoms with Crippen LogP contribution in [0.25, 0.3) is 0 Å². The van der Waals surface area contributed by atoms with Gasteiger partial charge in [-0.2, -0.15) is 0 Å². The fourth-order valence-corrected chi connectivity index (χ4v) is 2.01. The highest BCUT2D eigenvalue weighted by Gasteiger charge is 2.28. The first-order chi connectivity index (χ1) is 12.4. The third kappa shape index (κ3) is 7.57. The first-order valence-corrected chi connectivity index (χ1v) is 7.92. The Morgan fingerprint density at radius 1 is 1.12 bits per heavy atom. The predicted octanol–water partition coefficient (Wildman–Crippen LogP) is -2.68. The topological polar surface area (TPSA) is 177 Å². The number of hydrogen-bond acceptors (Lipinski definition) is 8. The molecule has 0 saturated heterocycles. The fourth-order valence-electron chi connectivity index (χ4n) is 2.01. The molecule has 1 unspecified atom stereocenters. The summed E-state index contributed by atoms with van der Waals surface area (Å²) in [6.45, 7) is -1.10. The van der Waals surface area contributed by atoms with Gasteiger partial charge in [0.05, 0.1) is 13.2 Å². The summed E-state index contributed by atoms with van der Waals surface area (Å²) in [5.74, 6) is -2.30. The van der Waals surface area contributed by atoms with E-state index in [-0.39, 0.29) is 19.6 Å². The molecule has 144 valence electrons. The monoisotopic (exact) mass is 368 g/mol. The molecule has 3 atom stereocenters. The molecule has 10 nitrogen and oxygen atoms in total. The lowest BCUT2D eigenvalue weighted by atomic mass is 10.1. The smallest absolute Gasteiger partial charge is 0.331 e. The van der Waals surface area contributed by atoms with Gasteiger partial charge in [-0.15, -0.1) is 0 Å². The number of amides is 2. The van der Waals surface area contributed by atoms with Gasteiger partial charge in [-0.1, -0.05) is 30.3 Å². The number of ether oxygens (including phenoxy) is 1. The third-order valence-corrected chi connectivity index (χ3v) is 3.32. The molecule has 0 radical (unpaired) electrons. The second-order valence-corrected chi connectivity index (χ2v) is 5.46. The zero-order chi connectivity index (χ0) is 19.5. The van der Waals surface area contributed by atoms with Crippen molar-refractivity contribution < 1.29 is 29.3 Å². The molecule has 0 fully saturated rings. The maximum atomic E-state index is 12.2. The molecule has 1 aromatic rings. The Hall–Kier alpha value is -2.53. The molecule has 0 heterocycles. The van der Waals surface area contributed by atoms with E-state index in [0.29, 0.717) is 0 Å². The molecule has 0 bridgehead atoms. The zero-order valence-electron chi connectivity index (χ0n) is 14.1. The number of aliphatic hydroxyl groups is 2. The number of carbonyl (C=O) groups excluding carboxylic acids is 3. The number of rotatable bonds is 10. The van der Waals surface area contributed by atoms with Crippen LogP contribution in [0, 0.1) is 0 Å². The van der Waals surface area contributed by atoms with Gasteiger partial charge in [0.2, 0.25) is 11.8 Å². The number of benzene rings is 1. The van der Waals surface area contributed by atoms with E-state index in [9.17, 15) is 24.6 Å². The van der Waals surface area contributed by atoms with Gasteiger partial charge in [0.15, 0.2) is 6.04 Å². The van der Waals surface area contributed by atoms with Crippen LogP contribution in [0.3, 0.4) is 0 Å². The molecule has 8 N–H and O–H groups in total. The number of esters is 1. The van der Waals surface area contributed by atoms with Crippen molar-refractivity contribution in [3.05, 3.63) is 35.9 Å². The van der Waals surface area contributed by atoms with Crippen LogP contribution >= 0.6 is 0 Å². The van der Waals surface area contributed by atoms with E-state index in [1.165, 1.54) is 0 Å².